The summed E-state index contributed by atoms with van der Waals surface area (Å²) < 4.78 is 13.0. The van der Waals surface area contributed by atoms with E-state index in [2.05, 4.69) is 15.3 Å². The molecule has 4 aromatic rings. The van der Waals surface area contributed by atoms with Crippen LogP contribution in [0.2, 0.25) is 0 Å². The van der Waals surface area contributed by atoms with Gasteiger partial charge in [-0.1, -0.05) is 23.5 Å². The normalized spacial score (nSPS) is 10.9. The molecule has 0 aliphatic rings. The number of fused-ring (bicyclic) bond motifs is 1. The average Bonchev–Trinajstić information content (AvgIpc) is 3.13. The second-order valence-corrected chi connectivity index (χ2v) is 8.14. The molecule has 0 saturated carbocycles. The molecule has 0 radical (unpaired) electrons. The van der Waals surface area contributed by atoms with E-state index in [4.69, 9.17) is 0 Å². The van der Waals surface area contributed by atoms with Crippen LogP contribution in [0.3, 0.4) is 0 Å². The van der Waals surface area contributed by atoms with Crippen molar-refractivity contribution >= 4 is 45.0 Å². The summed E-state index contributed by atoms with van der Waals surface area (Å²) in [5.41, 5.74) is 3.56. The molecule has 0 fully saturated rings. The molecule has 1 N–H and O–H groups in total. The van der Waals surface area contributed by atoms with Crippen LogP contribution in [0.15, 0.2) is 65.7 Å². The predicted molar refractivity (Wildman–Crippen MR) is 113 cm³/mol. The third kappa shape index (κ3) is 4.05. The average molecular weight is 410 g/mol. The van der Waals surface area contributed by atoms with E-state index in [1.165, 1.54) is 35.2 Å². The molecule has 0 saturated heterocycles. The molecule has 2 aromatic carbocycles. The zero-order valence-electron chi connectivity index (χ0n) is 15.0. The molecule has 0 unspecified atom stereocenters. The Bertz CT molecular complexity index is 1110. The van der Waals surface area contributed by atoms with E-state index in [1.807, 2.05) is 37.3 Å². The number of hydrogen-bond acceptors (Lipinski definition) is 5. The van der Waals surface area contributed by atoms with Crippen molar-refractivity contribution in [3.8, 4) is 10.6 Å². The number of nitrogens with one attached hydrogen (secondary N) is 1. The summed E-state index contributed by atoms with van der Waals surface area (Å²) >= 11 is 2.90. The lowest BCUT2D eigenvalue weighted by molar-refractivity contribution is -0.113. The van der Waals surface area contributed by atoms with Gasteiger partial charge in [-0.25, -0.2) is 14.4 Å². The molecule has 28 heavy (non-hydrogen) atoms. The molecule has 0 aliphatic carbocycles. The van der Waals surface area contributed by atoms with Crippen LogP contribution in [0, 0.1) is 12.7 Å². The van der Waals surface area contributed by atoms with Crippen LogP contribution in [0.25, 0.3) is 20.9 Å². The second-order valence-electron chi connectivity index (χ2n) is 6.12. The van der Waals surface area contributed by atoms with E-state index in [0.717, 1.165) is 37.1 Å². The van der Waals surface area contributed by atoms with Crippen molar-refractivity contribution in [1.82, 2.24) is 9.97 Å². The number of anilines is 1. The minimum atomic E-state index is -0.286. The predicted octanol–water partition coefficient (Wildman–Crippen LogP) is 5.54. The van der Waals surface area contributed by atoms with E-state index in [9.17, 15) is 9.18 Å². The zero-order chi connectivity index (χ0) is 19.5. The highest BCUT2D eigenvalue weighted by molar-refractivity contribution is 8.00. The van der Waals surface area contributed by atoms with Crippen LogP contribution in [0.5, 0.6) is 0 Å². The van der Waals surface area contributed by atoms with E-state index in [-0.39, 0.29) is 17.5 Å². The molecule has 0 atom stereocenters. The fourth-order valence-electron chi connectivity index (χ4n) is 2.75. The number of halogens is 1. The Hall–Kier alpha value is -2.77. The smallest absolute Gasteiger partial charge is 0.234 e. The van der Waals surface area contributed by atoms with E-state index < -0.39 is 0 Å². The van der Waals surface area contributed by atoms with Crippen molar-refractivity contribution in [2.24, 2.45) is 0 Å². The van der Waals surface area contributed by atoms with Crippen LogP contribution in [-0.4, -0.2) is 21.6 Å². The molecule has 140 valence electrons. The third-order valence-corrected chi connectivity index (χ3v) is 6.21. The number of nitrogens with zero attached hydrogens (tertiary/aromatic N) is 2. The minimum absolute atomic E-state index is 0.111. The van der Waals surface area contributed by atoms with Crippen molar-refractivity contribution in [2.45, 2.75) is 11.8 Å². The highest BCUT2D eigenvalue weighted by Crippen LogP contribution is 2.33. The molecule has 7 heteroatoms. The molecule has 4 nitrogen and oxygen atoms in total. The maximum atomic E-state index is 13.0. The molecule has 2 aromatic heterocycles. The Labute approximate surface area is 169 Å². The molecule has 0 aliphatic heterocycles. The summed E-state index contributed by atoms with van der Waals surface area (Å²) in [5.74, 6) is -0.146. The number of pyridine rings is 1. The number of carbonyl (C=O) groups is 1. The lowest BCUT2D eigenvalue weighted by atomic mass is 10.1. The summed E-state index contributed by atoms with van der Waals surface area (Å²) in [6.07, 6.45) is 1.76. The number of benzene rings is 2. The van der Waals surface area contributed by atoms with Crippen molar-refractivity contribution in [2.75, 3.05) is 11.1 Å². The fraction of sp³-hybridized carbons (Fsp3) is 0.0952. The second kappa shape index (κ2) is 8.08. The van der Waals surface area contributed by atoms with E-state index in [0.29, 0.717) is 0 Å². The van der Waals surface area contributed by atoms with E-state index >= 15 is 0 Å². The lowest BCUT2D eigenvalue weighted by Crippen LogP contribution is -2.15. The van der Waals surface area contributed by atoms with Crippen LogP contribution >= 0.6 is 23.1 Å². The van der Waals surface area contributed by atoms with Crippen molar-refractivity contribution in [3.63, 3.8) is 0 Å². The highest BCUT2D eigenvalue weighted by Gasteiger charge is 2.13. The van der Waals surface area contributed by atoms with Gasteiger partial charge in [0.1, 0.15) is 21.2 Å². The summed E-state index contributed by atoms with van der Waals surface area (Å²) in [5, 5.41) is 3.84. The first kappa shape index (κ1) is 18.6. The van der Waals surface area contributed by atoms with Gasteiger partial charge in [0.2, 0.25) is 5.91 Å². The SMILES string of the molecule is Cc1c(NC(=O)CSc2ccc(F)cc2)cccc1-c1nc2cccnc2s1. The minimum Gasteiger partial charge on any atom is -0.325 e. The quantitative estimate of drug-likeness (QED) is 0.440. The van der Waals surface area contributed by atoms with Gasteiger partial charge in [0, 0.05) is 22.3 Å². The van der Waals surface area contributed by atoms with Gasteiger partial charge in [-0.2, -0.15) is 0 Å². The first-order chi connectivity index (χ1) is 13.6. The summed E-state index contributed by atoms with van der Waals surface area (Å²) in [7, 11) is 0. The summed E-state index contributed by atoms with van der Waals surface area (Å²) in [6.45, 7) is 1.97. The van der Waals surface area contributed by atoms with Gasteiger partial charge in [-0.05, 0) is 55.0 Å². The number of thioether (sulfide) groups is 1. The van der Waals surface area contributed by atoms with Gasteiger partial charge in [0.05, 0.1) is 5.75 Å². The maximum absolute atomic E-state index is 13.0. The molecule has 2 heterocycles. The van der Waals surface area contributed by atoms with Gasteiger partial charge in [0.25, 0.3) is 0 Å². The van der Waals surface area contributed by atoms with Gasteiger partial charge < -0.3 is 5.32 Å². The van der Waals surface area contributed by atoms with Gasteiger partial charge in [-0.3, -0.25) is 4.79 Å². The molecule has 0 spiro atoms. The van der Waals surface area contributed by atoms with Crippen molar-refractivity contribution in [1.29, 1.82) is 0 Å². The molecular weight excluding hydrogens is 393 g/mol. The number of carbonyl (C=O) groups excluding carboxylic acids is 1. The molecule has 4 rings (SSSR count). The Morgan fingerprint density at radius 2 is 1.96 bits per heavy atom. The first-order valence-electron chi connectivity index (χ1n) is 8.60. The van der Waals surface area contributed by atoms with Crippen LogP contribution < -0.4 is 5.32 Å². The van der Waals surface area contributed by atoms with Gasteiger partial charge in [-0.15, -0.1) is 11.8 Å². The lowest BCUT2D eigenvalue weighted by Gasteiger charge is -2.11. The number of amides is 1. The van der Waals surface area contributed by atoms with E-state index in [1.54, 1.807) is 18.3 Å². The molecule has 1 amide bonds. The fourth-order valence-corrected chi connectivity index (χ4v) is 4.44. The maximum Gasteiger partial charge on any atom is 0.234 e. The summed E-state index contributed by atoms with van der Waals surface area (Å²) in [4.78, 5) is 23.1. The van der Waals surface area contributed by atoms with Gasteiger partial charge >= 0.3 is 0 Å². The van der Waals surface area contributed by atoms with Crippen LogP contribution in [0.4, 0.5) is 10.1 Å². The molecular formula is C21H16FN3OS2. The zero-order valence-corrected chi connectivity index (χ0v) is 16.6. The summed E-state index contributed by atoms with van der Waals surface area (Å²) in [6, 6.07) is 15.7. The number of aromatic nitrogens is 2. The Morgan fingerprint density at radius 1 is 1.14 bits per heavy atom. The Kier molecular flexibility index (Phi) is 5.36. The Morgan fingerprint density at radius 3 is 2.75 bits per heavy atom. The topological polar surface area (TPSA) is 54.9 Å². The van der Waals surface area contributed by atoms with Crippen LogP contribution in [-0.2, 0) is 4.79 Å². The number of hydrogen-bond donors (Lipinski definition) is 1. The van der Waals surface area contributed by atoms with Crippen LogP contribution in [0.1, 0.15) is 5.56 Å². The largest absolute Gasteiger partial charge is 0.325 e. The highest BCUT2D eigenvalue weighted by atomic mass is 32.2. The molecule has 0 bridgehead atoms. The number of thiazole rings is 1. The standard InChI is InChI=1S/C21H16FN3OS2/c1-13-16(20-25-18-6-3-11-23-21(18)28-20)4-2-5-17(13)24-19(26)12-27-15-9-7-14(22)8-10-15/h2-11H,12H2,1H3,(H,24,26). The number of rotatable bonds is 5. The third-order valence-electron chi connectivity index (χ3n) is 4.19. The van der Waals surface area contributed by atoms with Gasteiger partial charge in [0.15, 0.2) is 0 Å². The monoisotopic (exact) mass is 409 g/mol. The van der Waals surface area contributed by atoms with Crippen molar-refractivity contribution in [3.05, 3.63) is 72.2 Å². The van der Waals surface area contributed by atoms with Crippen molar-refractivity contribution < 1.29 is 9.18 Å². The first-order valence-corrected chi connectivity index (χ1v) is 10.4. The Balaban J connectivity index is 1.50.